The second-order valence-corrected chi connectivity index (χ2v) is 6.42. The summed E-state index contributed by atoms with van der Waals surface area (Å²) in [6.07, 6.45) is 4.50. The number of nitrogens with zero attached hydrogens (tertiary/aromatic N) is 4. The van der Waals surface area contributed by atoms with Crippen LogP contribution in [0.5, 0.6) is 0 Å². The molecule has 0 saturated carbocycles. The molecule has 2 aromatic heterocycles. The SMILES string of the molecule is Cn1c(N2CCC(c3ccccc3)C2)nc(-c2ccncc2)cc1=O. The quantitative estimate of drug-likeness (QED) is 0.740. The van der Waals surface area contributed by atoms with Gasteiger partial charge in [0, 0.05) is 50.1 Å². The van der Waals surface area contributed by atoms with Gasteiger partial charge >= 0.3 is 0 Å². The van der Waals surface area contributed by atoms with Gasteiger partial charge in [-0.15, -0.1) is 0 Å². The molecule has 0 amide bonds. The maximum atomic E-state index is 12.4. The normalized spacial score (nSPS) is 17.0. The summed E-state index contributed by atoms with van der Waals surface area (Å²) in [6, 6.07) is 15.9. The average Bonchev–Trinajstić information content (AvgIpc) is 3.15. The fourth-order valence-electron chi connectivity index (χ4n) is 3.42. The molecule has 0 N–H and O–H groups in total. The lowest BCUT2D eigenvalue weighted by atomic mass is 9.99. The van der Waals surface area contributed by atoms with E-state index in [0.29, 0.717) is 11.6 Å². The molecule has 126 valence electrons. The second kappa shape index (κ2) is 6.51. The lowest BCUT2D eigenvalue weighted by molar-refractivity contribution is 0.749. The molecule has 3 heterocycles. The van der Waals surface area contributed by atoms with E-state index in [1.54, 1.807) is 30.1 Å². The van der Waals surface area contributed by atoms with Crippen LogP contribution in [0.3, 0.4) is 0 Å². The van der Waals surface area contributed by atoms with Crippen LogP contribution in [0, 0.1) is 0 Å². The van der Waals surface area contributed by atoms with Gasteiger partial charge in [0.2, 0.25) is 5.95 Å². The van der Waals surface area contributed by atoms with Crippen LogP contribution in [0.15, 0.2) is 65.7 Å². The van der Waals surface area contributed by atoms with Crippen LogP contribution in [0.1, 0.15) is 17.9 Å². The van der Waals surface area contributed by atoms with E-state index in [1.807, 2.05) is 18.2 Å². The standard InChI is InChI=1S/C20H20N4O/c1-23-19(25)13-18(16-7-10-21-11-8-16)22-20(23)24-12-9-17(14-24)15-5-3-2-4-6-15/h2-8,10-11,13,17H,9,12,14H2,1H3. The molecule has 0 bridgehead atoms. The molecular formula is C20H20N4O. The van der Waals surface area contributed by atoms with Gasteiger partial charge in [0.1, 0.15) is 0 Å². The minimum atomic E-state index is -0.0417. The van der Waals surface area contributed by atoms with E-state index in [0.717, 1.165) is 31.0 Å². The Labute approximate surface area is 146 Å². The van der Waals surface area contributed by atoms with Crippen molar-refractivity contribution in [2.24, 2.45) is 7.05 Å². The summed E-state index contributed by atoms with van der Waals surface area (Å²) >= 11 is 0. The molecule has 1 saturated heterocycles. The topological polar surface area (TPSA) is 51.0 Å². The first-order chi connectivity index (χ1) is 12.2. The van der Waals surface area contributed by atoms with E-state index in [9.17, 15) is 4.79 Å². The second-order valence-electron chi connectivity index (χ2n) is 6.42. The van der Waals surface area contributed by atoms with Crippen LogP contribution < -0.4 is 10.5 Å². The van der Waals surface area contributed by atoms with Crippen LogP contribution in [0.2, 0.25) is 0 Å². The maximum Gasteiger partial charge on any atom is 0.255 e. The molecule has 1 aliphatic heterocycles. The minimum absolute atomic E-state index is 0.0417. The molecule has 5 heteroatoms. The molecule has 0 aliphatic carbocycles. The molecule has 0 radical (unpaired) electrons. The monoisotopic (exact) mass is 332 g/mol. The van der Waals surface area contributed by atoms with Gasteiger partial charge in [-0.05, 0) is 24.1 Å². The Morgan fingerprint density at radius 1 is 1.08 bits per heavy atom. The highest BCUT2D eigenvalue weighted by atomic mass is 16.1. The molecule has 4 rings (SSSR count). The predicted molar refractivity (Wildman–Crippen MR) is 98.7 cm³/mol. The summed E-state index contributed by atoms with van der Waals surface area (Å²) < 4.78 is 1.64. The maximum absolute atomic E-state index is 12.4. The molecule has 5 nitrogen and oxygen atoms in total. The fraction of sp³-hybridized carbons (Fsp3) is 0.250. The van der Waals surface area contributed by atoms with Crippen molar-refractivity contribution in [3.8, 4) is 11.3 Å². The van der Waals surface area contributed by atoms with Gasteiger partial charge in [-0.1, -0.05) is 30.3 Å². The minimum Gasteiger partial charge on any atom is -0.342 e. The van der Waals surface area contributed by atoms with E-state index in [-0.39, 0.29) is 5.56 Å². The molecule has 1 aromatic carbocycles. The Morgan fingerprint density at radius 2 is 1.84 bits per heavy atom. The largest absolute Gasteiger partial charge is 0.342 e. The highest BCUT2D eigenvalue weighted by Gasteiger charge is 2.26. The van der Waals surface area contributed by atoms with E-state index >= 15 is 0 Å². The Bertz CT molecular complexity index is 921. The van der Waals surface area contributed by atoms with Crippen molar-refractivity contribution in [2.45, 2.75) is 12.3 Å². The molecule has 3 aromatic rings. The van der Waals surface area contributed by atoms with E-state index in [2.05, 4.69) is 34.1 Å². The van der Waals surface area contributed by atoms with Gasteiger partial charge in [-0.25, -0.2) is 4.98 Å². The van der Waals surface area contributed by atoms with Crippen LogP contribution >= 0.6 is 0 Å². The zero-order valence-corrected chi connectivity index (χ0v) is 14.2. The molecule has 1 unspecified atom stereocenters. The van der Waals surface area contributed by atoms with Crippen molar-refractivity contribution < 1.29 is 0 Å². The number of rotatable bonds is 3. The Kier molecular flexibility index (Phi) is 4.06. The average molecular weight is 332 g/mol. The summed E-state index contributed by atoms with van der Waals surface area (Å²) in [5.74, 6) is 1.21. The highest BCUT2D eigenvalue weighted by molar-refractivity contribution is 5.59. The van der Waals surface area contributed by atoms with Crippen molar-refractivity contribution >= 4 is 5.95 Å². The summed E-state index contributed by atoms with van der Waals surface area (Å²) in [4.78, 5) is 23.4. The first-order valence-corrected chi connectivity index (χ1v) is 8.51. The van der Waals surface area contributed by atoms with Gasteiger partial charge < -0.3 is 4.90 Å². The zero-order chi connectivity index (χ0) is 17.2. The van der Waals surface area contributed by atoms with E-state index in [1.165, 1.54) is 5.56 Å². The Morgan fingerprint density at radius 3 is 2.60 bits per heavy atom. The van der Waals surface area contributed by atoms with Crippen LogP contribution in [-0.2, 0) is 7.05 Å². The van der Waals surface area contributed by atoms with E-state index in [4.69, 9.17) is 4.98 Å². The van der Waals surface area contributed by atoms with Crippen molar-refractivity contribution in [3.05, 3.63) is 76.8 Å². The van der Waals surface area contributed by atoms with Gasteiger partial charge in [0.25, 0.3) is 5.56 Å². The predicted octanol–water partition coefficient (Wildman–Crippen LogP) is 2.84. The molecule has 1 atom stereocenters. The first-order valence-electron chi connectivity index (χ1n) is 8.51. The number of hydrogen-bond donors (Lipinski definition) is 0. The molecule has 25 heavy (non-hydrogen) atoms. The first kappa shape index (κ1) is 15.6. The summed E-state index contributed by atoms with van der Waals surface area (Å²) in [5, 5.41) is 0. The molecule has 1 fully saturated rings. The molecule has 0 spiro atoms. The number of hydrogen-bond acceptors (Lipinski definition) is 4. The van der Waals surface area contributed by atoms with E-state index < -0.39 is 0 Å². The van der Waals surface area contributed by atoms with Gasteiger partial charge in [0.15, 0.2) is 0 Å². The van der Waals surface area contributed by atoms with Gasteiger partial charge in [-0.2, -0.15) is 0 Å². The third-order valence-electron chi connectivity index (χ3n) is 4.83. The molecule has 1 aliphatic rings. The van der Waals surface area contributed by atoms with Crippen molar-refractivity contribution in [1.29, 1.82) is 0 Å². The number of anilines is 1. The van der Waals surface area contributed by atoms with Crippen LogP contribution in [0.25, 0.3) is 11.3 Å². The number of aromatic nitrogens is 3. The zero-order valence-electron chi connectivity index (χ0n) is 14.2. The fourth-order valence-corrected chi connectivity index (χ4v) is 3.42. The third kappa shape index (κ3) is 3.05. The lowest BCUT2D eigenvalue weighted by Crippen LogP contribution is -2.30. The van der Waals surface area contributed by atoms with Crippen LogP contribution in [0.4, 0.5) is 5.95 Å². The summed E-state index contributed by atoms with van der Waals surface area (Å²) in [5.41, 5.74) is 2.91. The Hall–Kier alpha value is -2.95. The van der Waals surface area contributed by atoms with Crippen molar-refractivity contribution in [1.82, 2.24) is 14.5 Å². The number of benzene rings is 1. The number of pyridine rings is 1. The third-order valence-corrected chi connectivity index (χ3v) is 4.83. The lowest BCUT2D eigenvalue weighted by Gasteiger charge is -2.21. The van der Waals surface area contributed by atoms with Crippen LogP contribution in [-0.4, -0.2) is 27.6 Å². The van der Waals surface area contributed by atoms with Gasteiger partial charge in [0.05, 0.1) is 5.69 Å². The smallest absolute Gasteiger partial charge is 0.255 e. The van der Waals surface area contributed by atoms with Crippen molar-refractivity contribution in [2.75, 3.05) is 18.0 Å². The summed E-state index contributed by atoms with van der Waals surface area (Å²) in [6.45, 7) is 1.78. The molecular weight excluding hydrogens is 312 g/mol. The summed E-state index contributed by atoms with van der Waals surface area (Å²) in [7, 11) is 1.79. The Balaban J connectivity index is 1.67. The van der Waals surface area contributed by atoms with Gasteiger partial charge in [-0.3, -0.25) is 14.3 Å². The van der Waals surface area contributed by atoms with Crippen molar-refractivity contribution in [3.63, 3.8) is 0 Å². The highest BCUT2D eigenvalue weighted by Crippen LogP contribution is 2.30.